The van der Waals surface area contributed by atoms with Gasteiger partial charge in [-0.25, -0.2) is 4.98 Å². The number of benzene rings is 2. The molecule has 168 valence electrons. The Morgan fingerprint density at radius 3 is 2.47 bits per heavy atom. The van der Waals surface area contributed by atoms with Gasteiger partial charge in [-0.2, -0.15) is 0 Å². The Morgan fingerprint density at radius 2 is 1.78 bits per heavy atom. The molecule has 8 heteroatoms. The zero-order valence-electron chi connectivity index (χ0n) is 19.0. The standard InChI is InChI=1S/C24H29N5O3/c1-26(2)23(30)18-8-9-21-20(15-18)25-22(27(21)3)16-28-10-12-29(13-11-28)24(31)17-6-5-7-19(14-17)32-4/h5-9,14-15H,10-13,16H2,1-4H3. The Kier molecular flexibility index (Phi) is 6.14. The largest absolute Gasteiger partial charge is 0.497 e. The second-order valence-electron chi connectivity index (χ2n) is 8.29. The number of amides is 2. The van der Waals surface area contributed by atoms with Crippen molar-refractivity contribution in [3.05, 3.63) is 59.4 Å². The summed E-state index contributed by atoms with van der Waals surface area (Å²) in [4.78, 5) is 35.7. The molecule has 2 aromatic carbocycles. The average Bonchev–Trinajstić information content (AvgIpc) is 3.12. The van der Waals surface area contributed by atoms with E-state index >= 15 is 0 Å². The Balaban J connectivity index is 1.42. The highest BCUT2D eigenvalue weighted by molar-refractivity contribution is 5.97. The van der Waals surface area contributed by atoms with Gasteiger partial charge >= 0.3 is 0 Å². The van der Waals surface area contributed by atoms with E-state index in [1.54, 1.807) is 32.2 Å². The lowest BCUT2D eigenvalue weighted by Crippen LogP contribution is -2.48. The maximum absolute atomic E-state index is 12.8. The third-order valence-electron chi connectivity index (χ3n) is 5.97. The number of methoxy groups -OCH3 is 1. The van der Waals surface area contributed by atoms with Gasteiger partial charge in [0.2, 0.25) is 0 Å². The van der Waals surface area contributed by atoms with Crippen molar-refractivity contribution < 1.29 is 14.3 Å². The van der Waals surface area contributed by atoms with Gasteiger partial charge < -0.3 is 19.1 Å². The molecule has 1 aliphatic rings. The molecule has 1 aromatic heterocycles. The van der Waals surface area contributed by atoms with E-state index in [1.165, 1.54) is 0 Å². The molecule has 0 radical (unpaired) electrons. The van der Waals surface area contributed by atoms with Gasteiger partial charge in [0, 0.05) is 58.4 Å². The lowest BCUT2D eigenvalue weighted by atomic mass is 10.1. The van der Waals surface area contributed by atoms with E-state index in [1.807, 2.05) is 48.3 Å². The molecule has 0 aliphatic carbocycles. The number of hydrogen-bond acceptors (Lipinski definition) is 5. The molecule has 0 saturated carbocycles. The van der Waals surface area contributed by atoms with Crippen molar-refractivity contribution in [1.82, 2.24) is 24.3 Å². The smallest absolute Gasteiger partial charge is 0.254 e. The number of carbonyl (C=O) groups excluding carboxylic acids is 2. The molecule has 2 heterocycles. The first-order valence-corrected chi connectivity index (χ1v) is 10.7. The average molecular weight is 436 g/mol. The normalized spacial score (nSPS) is 14.6. The van der Waals surface area contributed by atoms with Crippen LogP contribution in [0, 0.1) is 0 Å². The molecule has 32 heavy (non-hydrogen) atoms. The maximum Gasteiger partial charge on any atom is 0.254 e. The second kappa shape index (κ2) is 9.00. The van der Waals surface area contributed by atoms with Crippen LogP contribution in [-0.4, -0.2) is 83.4 Å². The number of piperazine rings is 1. The molecular formula is C24H29N5O3. The summed E-state index contributed by atoms with van der Waals surface area (Å²) >= 11 is 0. The maximum atomic E-state index is 12.8. The van der Waals surface area contributed by atoms with E-state index < -0.39 is 0 Å². The van der Waals surface area contributed by atoms with E-state index in [0.29, 0.717) is 36.5 Å². The number of aryl methyl sites for hydroxylation is 1. The molecule has 0 bridgehead atoms. The topological polar surface area (TPSA) is 70.9 Å². The van der Waals surface area contributed by atoms with Gasteiger partial charge in [0.05, 0.1) is 24.7 Å². The van der Waals surface area contributed by atoms with Gasteiger partial charge in [-0.15, -0.1) is 0 Å². The Bertz CT molecular complexity index is 1150. The van der Waals surface area contributed by atoms with Gasteiger partial charge in [-0.05, 0) is 36.4 Å². The third-order valence-corrected chi connectivity index (χ3v) is 5.97. The third kappa shape index (κ3) is 4.31. The van der Waals surface area contributed by atoms with Crippen molar-refractivity contribution in [1.29, 1.82) is 0 Å². The fourth-order valence-corrected chi connectivity index (χ4v) is 4.03. The minimum Gasteiger partial charge on any atom is -0.497 e. The van der Waals surface area contributed by atoms with Crippen LogP contribution < -0.4 is 4.74 Å². The van der Waals surface area contributed by atoms with Crippen molar-refractivity contribution in [2.24, 2.45) is 7.05 Å². The number of carbonyl (C=O) groups is 2. The summed E-state index contributed by atoms with van der Waals surface area (Å²) in [6, 6.07) is 12.9. The van der Waals surface area contributed by atoms with Crippen LogP contribution in [0.2, 0.25) is 0 Å². The first kappa shape index (κ1) is 21.8. The van der Waals surface area contributed by atoms with Crippen LogP contribution in [0.25, 0.3) is 11.0 Å². The zero-order chi connectivity index (χ0) is 22.8. The number of aromatic nitrogens is 2. The van der Waals surface area contributed by atoms with E-state index in [4.69, 9.17) is 9.72 Å². The Hall–Kier alpha value is -3.39. The SMILES string of the molecule is COc1cccc(C(=O)N2CCN(Cc3nc4cc(C(=O)N(C)C)ccc4n3C)CC2)c1. The van der Waals surface area contributed by atoms with Crippen LogP contribution in [0.1, 0.15) is 26.5 Å². The van der Waals surface area contributed by atoms with Gasteiger partial charge in [-0.1, -0.05) is 6.07 Å². The van der Waals surface area contributed by atoms with Gasteiger partial charge in [-0.3, -0.25) is 14.5 Å². The lowest BCUT2D eigenvalue weighted by Gasteiger charge is -2.34. The van der Waals surface area contributed by atoms with Gasteiger partial charge in [0.25, 0.3) is 11.8 Å². The van der Waals surface area contributed by atoms with Crippen molar-refractivity contribution >= 4 is 22.8 Å². The molecule has 1 saturated heterocycles. The van der Waals surface area contributed by atoms with E-state index in [2.05, 4.69) is 9.47 Å². The minimum absolute atomic E-state index is 0.0315. The number of ether oxygens (including phenoxy) is 1. The molecule has 4 rings (SSSR count). The highest BCUT2D eigenvalue weighted by atomic mass is 16.5. The summed E-state index contributed by atoms with van der Waals surface area (Å²) < 4.78 is 7.31. The van der Waals surface area contributed by atoms with E-state index in [-0.39, 0.29) is 11.8 Å². The monoisotopic (exact) mass is 435 g/mol. The number of fused-ring (bicyclic) bond motifs is 1. The summed E-state index contributed by atoms with van der Waals surface area (Å²) in [5.41, 5.74) is 3.11. The van der Waals surface area contributed by atoms with E-state index in [9.17, 15) is 9.59 Å². The van der Waals surface area contributed by atoms with Crippen LogP contribution >= 0.6 is 0 Å². The summed E-state index contributed by atoms with van der Waals surface area (Å²) in [5, 5.41) is 0. The molecular weight excluding hydrogens is 406 g/mol. The van der Waals surface area contributed by atoms with Crippen molar-refractivity contribution in [2.75, 3.05) is 47.4 Å². The molecule has 0 unspecified atom stereocenters. The van der Waals surface area contributed by atoms with Crippen LogP contribution in [0.4, 0.5) is 0 Å². The number of imidazole rings is 1. The molecule has 0 atom stereocenters. The quantitative estimate of drug-likeness (QED) is 0.615. The van der Waals surface area contributed by atoms with Crippen molar-refractivity contribution in [3.8, 4) is 5.75 Å². The highest BCUT2D eigenvalue weighted by Crippen LogP contribution is 2.20. The van der Waals surface area contributed by atoms with E-state index in [0.717, 1.165) is 29.9 Å². The first-order chi connectivity index (χ1) is 15.4. The molecule has 1 aliphatic heterocycles. The fraction of sp³-hybridized carbons (Fsp3) is 0.375. The molecule has 1 fully saturated rings. The molecule has 3 aromatic rings. The summed E-state index contributed by atoms with van der Waals surface area (Å²) in [6.45, 7) is 3.60. The Labute approximate surface area is 188 Å². The Morgan fingerprint density at radius 1 is 1.03 bits per heavy atom. The highest BCUT2D eigenvalue weighted by Gasteiger charge is 2.24. The van der Waals surface area contributed by atoms with Gasteiger partial charge in [0.1, 0.15) is 11.6 Å². The van der Waals surface area contributed by atoms with Crippen LogP contribution in [0.15, 0.2) is 42.5 Å². The van der Waals surface area contributed by atoms with Crippen molar-refractivity contribution in [3.63, 3.8) is 0 Å². The fourth-order valence-electron chi connectivity index (χ4n) is 4.03. The predicted octanol–water partition coefficient (Wildman–Crippen LogP) is 2.24. The van der Waals surface area contributed by atoms with Crippen molar-refractivity contribution in [2.45, 2.75) is 6.54 Å². The molecule has 2 amide bonds. The van der Waals surface area contributed by atoms with Crippen LogP contribution in [0.3, 0.4) is 0 Å². The zero-order valence-corrected chi connectivity index (χ0v) is 19.0. The predicted molar refractivity (Wildman–Crippen MR) is 123 cm³/mol. The molecule has 0 spiro atoms. The van der Waals surface area contributed by atoms with Gasteiger partial charge in [0.15, 0.2) is 0 Å². The summed E-state index contributed by atoms with van der Waals surface area (Å²) in [7, 11) is 7.09. The number of hydrogen-bond donors (Lipinski definition) is 0. The number of nitrogens with zero attached hydrogens (tertiary/aromatic N) is 5. The van der Waals surface area contributed by atoms with Crippen LogP contribution in [-0.2, 0) is 13.6 Å². The van der Waals surface area contributed by atoms with Crippen LogP contribution in [0.5, 0.6) is 5.75 Å². The summed E-state index contributed by atoms with van der Waals surface area (Å²) in [6.07, 6.45) is 0. The molecule has 8 nitrogen and oxygen atoms in total. The lowest BCUT2D eigenvalue weighted by molar-refractivity contribution is 0.0624. The molecule has 0 N–H and O–H groups in total. The second-order valence-corrected chi connectivity index (χ2v) is 8.29. The first-order valence-electron chi connectivity index (χ1n) is 10.7. The number of rotatable bonds is 5. The minimum atomic E-state index is -0.0315. The summed E-state index contributed by atoms with van der Waals surface area (Å²) in [5.74, 6) is 1.63.